The second-order valence-electron chi connectivity index (χ2n) is 4.79. The van der Waals surface area contributed by atoms with E-state index in [1.807, 2.05) is 53.4 Å². The van der Waals surface area contributed by atoms with Crippen LogP contribution in [0.2, 0.25) is 0 Å². The Bertz CT molecular complexity index is 721. The zero-order valence-electron chi connectivity index (χ0n) is 13.6. The molecule has 0 saturated heterocycles. The number of pyridine rings is 2. The number of aromatic nitrogens is 2. The number of rotatable bonds is 3. The van der Waals surface area contributed by atoms with Gasteiger partial charge in [-0.05, 0) is 24.6 Å². The summed E-state index contributed by atoms with van der Waals surface area (Å²) in [7, 11) is 3.35. The number of nitrogens with zero attached hydrogens (tertiary/aromatic N) is 2. The first-order chi connectivity index (χ1) is 10.8. The molecule has 0 atom stereocenters. The molecule has 0 radical (unpaired) electrons. The summed E-state index contributed by atoms with van der Waals surface area (Å²) in [5.41, 5.74) is 2.16. The Hall–Kier alpha value is -1.98. The van der Waals surface area contributed by atoms with Gasteiger partial charge < -0.3 is 26.5 Å². The number of hydrogen-bond donors (Lipinski definition) is 0. The average Bonchev–Trinajstić information content (AvgIpc) is 2.57. The summed E-state index contributed by atoms with van der Waals surface area (Å²) in [6, 6.07) is 13.9. The lowest BCUT2D eigenvalue weighted by molar-refractivity contribution is -0.731. The molecule has 4 nitrogen and oxygen atoms in total. The van der Waals surface area contributed by atoms with Crippen LogP contribution in [0.4, 0.5) is 0 Å². The van der Waals surface area contributed by atoms with Crippen molar-refractivity contribution in [2.75, 3.05) is 14.2 Å². The molecule has 2 aromatic heterocycles. The van der Waals surface area contributed by atoms with Crippen molar-refractivity contribution in [1.29, 1.82) is 0 Å². The van der Waals surface area contributed by atoms with Crippen LogP contribution in [0.25, 0.3) is 10.9 Å². The molecule has 0 amide bonds. The Morgan fingerprint density at radius 3 is 2.39 bits per heavy atom. The van der Waals surface area contributed by atoms with Crippen LogP contribution >= 0.6 is 0 Å². The molecule has 0 spiro atoms. The Balaban J connectivity index is 0.000000235. The lowest BCUT2D eigenvalue weighted by atomic mass is 10.1. The molecule has 3 aromatic rings. The molecule has 0 unspecified atom stereocenters. The first-order valence-corrected chi connectivity index (χ1v) is 7.07. The van der Waals surface area contributed by atoms with Crippen molar-refractivity contribution in [3.05, 3.63) is 66.6 Å². The van der Waals surface area contributed by atoms with E-state index in [0.29, 0.717) is 6.73 Å². The van der Waals surface area contributed by atoms with Crippen molar-refractivity contribution >= 4 is 10.9 Å². The van der Waals surface area contributed by atoms with Gasteiger partial charge in [-0.15, -0.1) is 0 Å². The van der Waals surface area contributed by atoms with E-state index in [1.165, 1.54) is 5.56 Å². The lowest BCUT2D eigenvalue weighted by Crippen LogP contribution is -3.00. The number of aryl methyl sites for hydroxylation is 1. The van der Waals surface area contributed by atoms with Gasteiger partial charge in [0.1, 0.15) is 11.3 Å². The number of benzene rings is 1. The largest absolute Gasteiger partial charge is 1.00 e. The predicted molar refractivity (Wildman–Crippen MR) is 86.7 cm³/mol. The van der Waals surface area contributed by atoms with E-state index in [-0.39, 0.29) is 17.0 Å². The molecule has 0 bridgehead atoms. The molecule has 0 aliphatic carbocycles. The molecule has 0 aliphatic heterocycles. The summed E-state index contributed by atoms with van der Waals surface area (Å²) >= 11 is 0. The highest BCUT2D eigenvalue weighted by molar-refractivity contribution is 5.87. The van der Waals surface area contributed by atoms with Crippen molar-refractivity contribution in [1.82, 2.24) is 4.98 Å². The highest BCUT2D eigenvalue weighted by Gasteiger charge is 2.02. The van der Waals surface area contributed by atoms with Gasteiger partial charge in [-0.25, -0.2) is 0 Å². The van der Waals surface area contributed by atoms with Gasteiger partial charge in [-0.1, -0.05) is 18.2 Å². The SMILES string of the molecule is COC[n+]1ccccc1.COc1ccc(C)c2cccnc12.[Br-]. The van der Waals surface area contributed by atoms with Gasteiger partial charge in [0.2, 0.25) is 0 Å². The number of hydrogen-bond acceptors (Lipinski definition) is 3. The summed E-state index contributed by atoms with van der Waals surface area (Å²) in [5, 5.41) is 1.15. The molecule has 0 fully saturated rings. The lowest BCUT2D eigenvalue weighted by Gasteiger charge is -2.05. The van der Waals surface area contributed by atoms with E-state index in [0.717, 1.165) is 16.7 Å². The van der Waals surface area contributed by atoms with Crippen LogP contribution in [0, 0.1) is 6.92 Å². The molecule has 2 heterocycles. The highest BCUT2D eigenvalue weighted by atomic mass is 79.9. The third-order valence-electron chi connectivity index (χ3n) is 3.23. The minimum absolute atomic E-state index is 0. The minimum Gasteiger partial charge on any atom is -1.00 e. The maximum atomic E-state index is 5.22. The van der Waals surface area contributed by atoms with Gasteiger partial charge in [-0.2, -0.15) is 4.57 Å². The molecule has 0 aliphatic rings. The highest BCUT2D eigenvalue weighted by Crippen LogP contribution is 2.25. The van der Waals surface area contributed by atoms with Crippen LogP contribution in [0.15, 0.2) is 61.1 Å². The van der Waals surface area contributed by atoms with E-state index < -0.39 is 0 Å². The first-order valence-electron chi connectivity index (χ1n) is 7.07. The topological polar surface area (TPSA) is 35.2 Å². The maximum Gasteiger partial charge on any atom is 0.252 e. The third kappa shape index (κ3) is 5.30. The fourth-order valence-electron chi connectivity index (χ4n) is 2.12. The molecular formula is C18H21BrN2O2. The quantitative estimate of drug-likeness (QED) is 0.609. The van der Waals surface area contributed by atoms with E-state index >= 15 is 0 Å². The third-order valence-corrected chi connectivity index (χ3v) is 3.23. The predicted octanol–water partition coefficient (Wildman–Crippen LogP) is 0.134. The standard InChI is InChI=1S/C11H11NO.C7H10NO.BrH/c1-8-5-6-10(13-2)11-9(8)4-3-7-12-11;1-9-7-8-5-3-2-4-6-8;/h3-7H,1-2H3;2-6H,7H2,1H3;1H/q;+1;/p-1. The van der Waals surface area contributed by atoms with Crippen molar-refractivity contribution in [2.45, 2.75) is 13.7 Å². The number of halogens is 1. The van der Waals surface area contributed by atoms with Crippen LogP contribution in [0.3, 0.4) is 0 Å². The summed E-state index contributed by atoms with van der Waals surface area (Å²) in [4.78, 5) is 4.29. The summed E-state index contributed by atoms with van der Waals surface area (Å²) < 4.78 is 12.1. The van der Waals surface area contributed by atoms with Gasteiger partial charge in [-0.3, -0.25) is 4.98 Å². The minimum atomic E-state index is 0. The van der Waals surface area contributed by atoms with Gasteiger partial charge in [0.15, 0.2) is 12.4 Å². The second-order valence-corrected chi connectivity index (χ2v) is 4.79. The van der Waals surface area contributed by atoms with E-state index in [1.54, 1.807) is 20.4 Å². The van der Waals surface area contributed by atoms with Crippen LogP contribution in [0.5, 0.6) is 5.75 Å². The van der Waals surface area contributed by atoms with Crippen molar-refractivity contribution in [2.24, 2.45) is 0 Å². The number of methoxy groups -OCH3 is 2. The summed E-state index contributed by atoms with van der Waals surface area (Å²) in [6.45, 7) is 2.70. The van der Waals surface area contributed by atoms with Crippen LogP contribution in [0.1, 0.15) is 5.56 Å². The summed E-state index contributed by atoms with van der Waals surface area (Å²) in [5.74, 6) is 0.834. The van der Waals surface area contributed by atoms with E-state index in [9.17, 15) is 0 Å². The average molecular weight is 377 g/mol. The first kappa shape index (κ1) is 19.1. The molecule has 23 heavy (non-hydrogen) atoms. The van der Waals surface area contributed by atoms with Crippen LogP contribution < -0.4 is 26.3 Å². The number of fused-ring (bicyclic) bond motifs is 1. The molecule has 5 heteroatoms. The van der Waals surface area contributed by atoms with Crippen LogP contribution in [-0.2, 0) is 11.5 Å². The molecular weight excluding hydrogens is 356 g/mol. The Morgan fingerprint density at radius 2 is 1.74 bits per heavy atom. The van der Waals surface area contributed by atoms with Crippen molar-refractivity contribution in [3.63, 3.8) is 0 Å². The van der Waals surface area contributed by atoms with Crippen LogP contribution in [-0.4, -0.2) is 19.2 Å². The Morgan fingerprint density at radius 1 is 1.00 bits per heavy atom. The molecule has 122 valence electrons. The van der Waals surface area contributed by atoms with Crippen molar-refractivity contribution in [3.8, 4) is 5.75 Å². The monoisotopic (exact) mass is 376 g/mol. The fraction of sp³-hybridized carbons (Fsp3) is 0.222. The Labute approximate surface area is 147 Å². The second kappa shape index (κ2) is 9.92. The molecule has 0 N–H and O–H groups in total. The number of ether oxygens (including phenoxy) is 2. The normalized spacial score (nSPS) is 9.52. The zero-order valence-corrected chi connectivity index (χ0v) is 15.2. The molecule has 3 rings (SSSR count). The van der Waals surface area contributed by atoms with Gasteiger partial charge in [0.25, 0.3) is 6.73 Å². The van der Waals surface area contributed by atoms with Gasteiger partial charge >= 0.3 is 0 Å². The van der Waals surface area contributed by atoms with Gasteiger partial charge in [0, 0.05) is 30.8 Å². The Kier molecular flexibility index (Phi) is 8.22. The molecule has 0 saturated carbocycles. The fourth-order valence-corrected chi connectivity index (χ4v) is 2.12. The smallest absolute Gasteiger partial charge is 0.252 e. The van der Waals surface area contributed by atoms with E-state index in [4.69, 9.17) is 9.47 Å². The maximum absolute atomic E-state index is 5.22. The zero-order chi connectivity index (χ0) is 15.8. The summed E-state index contributed by atoms with van der Waals surface area (Å²) in [6.07, 6.45) is 5.71. The van der Waals surface area contributed by atoms with Crippen molar-refractivity contribution < 1.29 is 31.0 Å². The van der Waals surface area contributed by atoms with Gasteiger partial charge in [0.05, 0.1) is 7.11 Å². The van der Waals surface area contributed by atoms with E-state index in [2.05, 4.69) is 18.0 Å². The molecule has 1 aromatic carbocycles.